The first-order valence-electron chi connectivity index (χ1n) is 10.6. The van der Waals surface area contributed by atoms with Gasteiger partial charge in [0.2, 0.25) is 0 Å². The molecule has 2 atom stereocenters. The highest BCUT2D eigenvalue weighted by Crippen LogP contribution is 2.20. The van der Waals surface area contributed by atoms with Crippen LogP contribution in [0.1, 0.15) is 67.7 Å². The molecule has 0 bridgehead atoms. The summed E-state index contributed by atoms with van der Waals surface area (Å²) >= 11 is 0. The van der Waals surface area contributed by atoms with Gasteiger partial charge in [0.25, 0.3) is 5.91 Å². The summed E-state index contributed by atoms with van der Waals surface area (Å²) in [4.78, 5) is 17.4. The van der Waals surface area contributed by atoms with Gasteiger partial charge in [-0.25, -0.2) is 4.39 Å². The Kier molecular flexibility index (Phi) is 8.50. The van der Waals surface area contributed by atoms with Crippen LogP contribution >= 0.6 is 0 Å². The Morgan fingerprint density at radius 1 is 1.20 bits per heavy atom. The highest BCUT2D eigenvalue weighted by atomic mass is 19.1. The van der Waals surface area contributed by atoms with E-state index in [-0.39, 0.29) is 24.6 Å². The van der Waals surface area contributed by atoms with Crippen LogP contribution in [0.2, 0.25) is 0 Å². The number of hydrogen-bond acceptors (Lipinski definition) is 4. The minimum absolute atomic E-state index is 0.127. The number of aryl methyl sites for hydroxylation is 1. The van der Waals surface area contributed by atoms with Crippen LogP contribution in [0.25, 0.3) is 0 Å². The van der Waals surface area contributed by atoms with Crippen LogP contribution in [-0.4, -0.2) is 33.7 Å². The second-order valence-electron chi connectivity index (χ2n) is 8.83. The number of nitrogens with zero attached hydrogens (tertiary/aromatic N) is 1. The van der Waals surface area contributed by atoms with Gasteiger partial charge in [0.15, 0.2) is 0 Å². The van der Waals surface area contributed by atoms with E-state index in [0.717, 1.165) is 24.8 Å². The molecule has 1 aromatic carbocycles. The maximum Gasteiger partial charge on any atom is 0.253 e. The van der Waals surface area contributed by atoms with Crippen LogP contribution in [0.15, 0.2) is 36.5 Å². The lowest BCUT2D eigenvalue weighted by Gasteiger charge is -2.24. The summed E-state index contributed by atoms with van der Waals surface area (Å²) in [5.74, 6) is -0.545. The molecule has 0 unspecified atom stereocenters. The third kappa shape index (κ3) is 6.89. The van der Waals surface area contributed by atoms with Crippen molar-refractivity contribution in [1.82, 2.24) is 10.3 Å². The van der Waals surface area contributed by atoms with Crippen LogP contribution in [0.5, 0.6) is 0 Å². The zero-order valence-electron chi connectivity index (χ0n) is 18.4. The summed E-state index contributed by atoms with van der Waals surface area (Å²) in [6.07, 6.45) is 3.76. The first-order valence-corrected chi connectivity index (χ1v) is 10.6. The van der Waals surface area contributed by atoms with Gasteiger partial charge in [-0.3, -0.25) is 9.78 Å². The van der Waals surface area contributed by atoms with Gasteiger partial charge >= 0.3 is 0 Å². The lowest BCUT2D eigenvalue weighted by molar-refractivity contribution is 0.0915. The van der Waals surface area contributed by atoms with Gasteiger partial charge in [0.1, 0.15) is 5.82 Å². The summed E-state index contributed by atoms with van der Waals surface area (Å²) in [5.41, 5.74) is 8.17. The average molecular weight is 416 g/mol. The third-order valence-corrected chi connectivity index (χ3v) is 4.94. The smallest absolute Gasteiger partial charge is 0.253 e. The van der Waals surface area contributed by atoms with E-state index >= 15 is 0 Å². The Morgan fingerprint density at radius 3 is 2.53 bits per heavy atom. The first-order chi connectivity index (χ1) is 14.1. The van der Waals surface area contributed by atoms with Crippen LogP contribution in [-0.2, 0) is 19.3 Å². The standard InChI is InChI=1S/C24H34FN3O2/c1-5-6-9-16-12-13-27-20(22(16)23(30)28-24(2,3)4)15-21(29)19(26)14-17-10-7-8-11-18(17)25/h7-8,10-13,19,21,29H,5-6,9,14-15,26H2,1-4H3,(H,28,30)/t19-,21+/m1/s1. The molecule has 0 aliphatic carbocycles. The van der Waals surface area contributed by atoms with Crippen molar-refractivity contribution in [3.05, 3.63) is 64.7 Å². The van der Waals surface area contributed by atoms with Gasteiger partial charge in [-0.05, 0) is 63.3 Å². The zero-order chi connectivity index (χ0) is 22.3. The van der Waals surface area contributed by atoms with Crippen molar-refractivity contribution >= 4 is 5.91 Å². The molecule has 2 aromatic rings. The topological polar surface area (TPSA) is 88.2 Å². The molecule has 1 aromatic heterocycles. The Hall–Kier alpha value is -2.31. The Morgan fingerprint density at radius 2 is 1.90 bits per heavy atom. The number of aliphatic hydroxyl groups excluding tert-OH is 1. The van der Waals surface area contributed by atoms with Crippen molar-refractivity contribution in [3.63, 3.8) is 0 Å². The fraction of sp³-hybridized carbons (Fsp3) is 0.500. The minimum atomic E-state index is -0.959. The van der Waals surface area contributed by atoms with E-state index in [9.17, 15) is 14.3 Å². The number of rotatable bonds is 9. The van der Waals surface area contributed by atoms with E-state index in [0.29, 0.717) is 16.8 Å². The van der Waals surface area contributed by atoms with Gasteiger partial charge in [-0.2, -0.15) is 0 Å². The number of nitrogens with two attached hydrogens (primary N) is 1. The van der Waals surface area contributed by atoms with Gasteiger partial charge in [-0.1, -0.05) is 31.5 Å². The maximum atomic E-state index is 13.9. The third-order valence-electron chi connectivity index (χ3n) is 4.94. The van der Waals surface area contributed by atoms with E-state index in [1.165, 1.54) is 6.07 Å². The molecule has 1 heterocycles. The van der Waals surface area contributed by atoms with Crippen molar-refractivity contribution in [2.45, 2.75) is 77.5 Å². The monoisotopic (exact) mass is 415 g/mol. The fourth-order valence-electron chi connectivity index (χ4n) is 3.36. The number of hydrogen-bond donors (Lipinski definition) is 3. The molecule has 4 N–H and O–H groups in total. The Labute approximate surface area is 178 Å². The van der Waals surface area contributed by atoms with E-state index in [1.807, 2.05) is 26.8 Å². The van der Waals surface area contributed by atoms with E-state index in [2.05, 4.69) is 17.2 Å². The van der Waals surface area contributed by atoms with E-state index < -0.39 is 17.7 Å². The van der Waals surface area contributed by atoms with Gasteiger partial charge in [-0.15, -0.1) is 0 Å². The van der Waals surface area contributed by atoms with Crippen molar-refractivity contribution in [2.24, 2.45) is 5.73 Å². The van der Waals surface area contributed by atoms with Crippen molar-refractivity contribution in [3.8, 4) is 0 Å². The number of halogens is 1. The largest absolute Gasteiger partial charge is 0.391 e. The molecule has 0 saturated carbocycles. The number of pyridine rings is 1. The Bertz CT molecular complexity index is 849. The molecule has 1 amide bonds. The molecule has 0 saturated heterocycles. The lowest BCUT2D eigenvalue weighted by atomic mass is 9.93. The van der Waals surface area contributed by atoms with Crippen molar-refractivity contribution in [2.75, 3.05) is 0 Å². The maximum absolute atomic E-state index is 13.9. The van der Waals surface area contributed by atoms with Gasteiger partial charge in [0.05, 0.1) is 17.4 Å². The molecule has 2 rings (SSSR count). The molecular formula is C24H34FN3O2. The summed E-state index contributed by atoms with van der Waals surface area (Å²) in [5, 5.41) is 13.7. The van der Waals surface area contributed by atoms with Crippen molar-refractivity contribution in [1.29, 1.82) is 0 Å². The first kappa shape index (κ1) is 24.0. The molecule has 6 heteroatoms. The van der Waals surface area contributed by atoms with Gasteiger partial charge in [0, 0.05) is 24.2 Å². The van der Waals surface area contributed by atoms with Gasteiger partial charge < -0.3 is 16.2 Å². The predicted octanol–water partition coefficient (Wildman–Crippen LogP) is 3.57. The van der Waals surface area contributed by atoms with Crippen molar-refractivity contribution < 1.29 is 14.3 Å². The number of carbonyl (C=O) groups is 1. The molecular weight excluding hydrogens is 381 g/mol. The summed E-state index contributed by atoms with van der Waals surface area (Å²) in [6, 6.07) is 7.58. The fourth-order valence-corrected chi connectivity index (χ4v) is 3.36. The van der Waals surface area contributed by atoms with Crippen LogP contribution in [0, 0.1) is 5.82 Å². The summed E-state index contributed by atoms with van der Waals surface area (Å²) < 4.78 is 13.9. The number of aliphatic hydroxyl groups is 1. The molecule has 164 valence electrons. The number of benzene rings is 1. The molecule has 0 radical (unpaired) electrons. The number of carbonyl (C=O) groups excluding carboxylic acids is 1. The number of amides is 1. The molecule has 30 heavy (non-hydrogen) atoms. The van der Waals surface area contributed by atoms with Crippen LogP contribution in [0.3, 0.4) is 0 Å². The van der Waals surface area contributed by atoms with Crippen LogP contribution < -0.4 is 11.1 Å². The molecule has 0 aliphatic heterocycles. The number of unbranched alkanes of at least 4 members (excludes halogenated alkanes) is 1. The minimum Gasteiger partial charge on any atom is -0.391 e. The highest BCUT2D eigenvalue weighted by molar-refractivity contribution is 5.97. The normalized spacial score (nSPS) is 13.7. The number of aromatic nitrogens is 1. The summed E-state index contributed by atoms with van der Waals surface area (Å²) in [6.45, 7) is 7.87. The SMILES string of the molecule is CCCCc1ccnc(C[C@H](O)[C@H](N)Cc2ccccc2F)c1C(=O)NC(C)(C)C. The average Bonchev–Trinajstić information content (AvgIpc) is 2.66. The Balaban J connectivity index is 2.26. The highest BCUT2D eigenvalue weighted by Gasteiger charge is 2.25. The van der Waals surface area contributed by atoms with E-state index in [4.69, 9.17) is 5.73 Å². The summed E-state index contributed by atoms with van der Waals surface area (Å²) in [7, 11) is 0. The number of nitrogens with one attached hydrogen (secondary N) is 1. The van der Waals surface area contributed by atoms with E-state index in [1.54, 1.807) is 24.4 Å². The molecule has 5 nitrogen and oxygen atoms in total. The van der Waals surface area contributed by atoms with Crippen LogP contribution in [0.4, 0.5) is 4.39 Å². The zero-order valence-corrected chi connectivity index (χ0v) is 18.4. The predicted molar refractivity (Wildman–Crippen MR) is 118 cm³/mol. The second kappa shape index (κ2) is 10.6. The lowest BCUT2D eigenvalue weighted by Crippen LogP contribution is -2.42. The second-order valence-corrected chi connectivity index (χ2v) is 8.83. The molecule has 0 aliphatic rings. The molecule has 0 spiro atoms. The molecule has 0 fully saturated rings. The quantitative estimate of drug-likeness (QED) is 0.584.